The summed E-state index contributed by atoms with van der Waals surface area (Å²) in [5.41, 5.74) is 0. The Morgan fingerprint density at radius 1 is 1.00 bits per heavy atom. The number of carbonyl (C=O) groups excluding carboxylic acids is 2. The largest absolute Gasteiger partial charge is 0.407 e. The Balaban J connectivity index is 2.33. The van der Waals surface area contributed by atoms with Gasteiger partial charge in [0.25, 0.3) is 8.32 Å². The summed E-state index contributed by atoms with van der Waals surface area (Å²) in [7, 11) is -2.54. The molecule has 0 aromatic heterocycles. The van der Waals surface area contributed by atoms with Crippen LogP contribution < -0.4 is 10.4 Å². The summed E-state index contributed by atoms with van der Waals surface area (Å²) in [5.74, 6) is -0.547. The smallest absolute Gasteiger partial charge is 0.261 e. The van der Waals surface area contributed by atoms with E-state index in [1.54, 1.807) is 6.92 Å². The van der Waals surface area contributed by atoms with Gasteiger partial charge in [0.05, 0.1) is 5.92 Å². The molecule has 0 aliphatic rings. The molecule has 3 nitrogen and oxygen atoms in total. The van der Waals surface area contributed by atoms with Gasteiger partial charge in [-0.05, 0) is 28.8 Å². The Labute approximate surface area is 163 Å². The fraction of sp³-hybridized carbons (Fsp3) is 0.391. The summed E-state index contributed by atoms with van der Waals surface area (Å²) in [6.07, 6.45) is 1.71. The summed E-state index contributed by atoms with van der Waals surface area (Å²) >= 11 is 0. The molecular formula is C23H30O3Si. The highest BCUT2D eigenvalue weighted by Gasteiger charge is 2.49. The molecule has 2 rings (SSSR count). The van der Waals surface area contributed by atoms with Gasteiger partial charge in [-0.15, -0.1) is 0 Å². The quantitative estimate of drug-likeness (QED) is 0.287. The van der Waals surface area contributed by atoms with Gasteiger partial charge in [-0.1, -0.05) is 81.4 Å². The van der Waals surface area contributed by atoms with Crippen molar-refractivity contribution in [1.82, 2.24) is 0 Å². The third kappa shape index (κ3) is 4.82. The van der Waals surface area contributed by atoms with E-state index < -0.39 is 14.2 Å². The Hall–Kier alpha value is -2.04. The highest BCUT2D eigenvalue weighted by atomic mass is 28.4. The summed E-state index contributed by atoms with van der Waals surface area (Å²) < 4.78 is 6.73. The van der Waals surface area contributed by atoms with Crippen molar-refractivity contribution in [3.63, 3.8) is 0 Å². The van der Waals surface area contributed by atoms with E-state index in [-0.39, 0.29) is 10.8 Å². The molecule has 1 atom stereocenters. The standard InChI is InChI=1S/C23H30O3Si/c1-19(18-24)22(25)16-11-17-26-27(23(2,3)4,20-12-7-5-8-13-20)21-14-9-6-10-15-21/h5-10,12-15,18-19H,11,16-17H2,1-4H3. The second-order valence-corrected chi connectivity index (χ2v) is 12.3. The predicted molar refractivity (Wildman–Crippen MR) is 113 cm³/mol. The molecule has 27 heavy (non-hydrogen) atoms. The second-order valence-electron chi connectivity index (χ2n) is 8.01. The Kier molecular flexibility index (Phi) is 7.28. The van der Waals surface area contributed by atoms with Crippen LogP contribution in [0.15, 0.2) is 60.7 Å². The van der Waals surface area contributed by atoms with Crippen molar-refractivity contribution in [3.8, 4) is 0 Å². The number of hydrogen-bond acceptors (Lipinski definition) is 3. The van der Waals surface area contributed by atoms with Gasteiger partial charge in [0.2, 0.25) is 0 Å². The van der Waals surface area contributed by atoms with Crippen LogP contribution in [0.1, 0.15) is 40.5 Å². The molecule has 0 bridgehead atoms. The molecule has 0 saturated heterocycles. The van der Waals surface area contributed by atoms with Crippen molar-refractivity contribution in [2.45, 2.75) is 45.6 Å². The Morgan fingerprint density at radius 3 is 1.89 bits per heavy atom. The van der Waals surface area contributed by atoms with Gasteiger partial charge in [0, 0.05) is 13.0 Å². The van der Waals surface area contributed by atoms with Crippen LogP contribution in [0.25, 0.3) is 0 Å². The minimum Gasteiger partial charge on any atom is -0.407 e. The number of rotatable bonds is 9. The first-order valence-corrected chi connectivity index (χ1v) is 11.5. The van der Waals surface area contributed by atoms with Crippen LogP contribution in [0.4, 0.5) is 0 Å². The lowest BCUT2D eigenvalue weighted by Gasteiger charge is -2.43. The maximum absolute atomic E-state index is 12.0. The van der Waals surface area contributed by atoms with E-state index in [4.69, 9.17) is 4.43 Å². The van der Waals surface area contributed by atoms with Gasteiger partial charge in [-0.3, -0.25) is 4.79 Å². The van der Waals surface area contributed by atoms with E-state index in [9.17, 15) is 9.59 Å². The van der Waals surface area contributed by atoms with Gasteiger partial charge in [0.15, 0.2) is 0 Å². The van der Waals surface area contributed by atoms with Gasteiger partial charge < -0.3 is 9.22 Å². The maximum atomic E-state index is 12.0. The lowest BCUT2D eigenvalue weighted by molar-refractivity contribution is -0.126. The molecule has 0 amide bonds. The van der Waals surface area contributed by atoms with Gasteiger partial charge in [-0.25, -0.2) is 0 Å². The van der Waals surface area contributed by atoms with Crippen molar-refractivity contribution in [2.24, 2.45) is 5.92 Å². The van der Waals surface area contributed by atoms with Crippen LogP contribution >= 0.6 is 0 Å². The maximum Gasteiger partial charge on any atom is 0.261 e. The van der Waals surface area contributed by atoms with E-state index in [0.717, 1.165) is 0 Å². The van der Waals surface area contributed by atoms with Crippen LogP contribution in [-0.4, -0.2) is 27.0 Å². The lowest BCUT2D eigenvalue weighted by atomic mass is 10.0. The molecule has 0 aliphatic carbocycles. The van der Waals surface area contributed by atoms with Crippen LogP contribution in [0.3, 0.4) is 0 Å². The molecule has 144 valence electrons. The molecule has 0 aliphatic heterocycles. The Bertz CT molecular complexity index is 696. The van der Waals surface area contributed by atoms with Gasteiger partial charge >= 0.3 is 0 Å². The van der Waals surface area contributed by atoms with Crippen molar-refractivity contribution in [1.29, 1.82) is 0 Å². The SMILES string of the molecule is CC(C=O)C(=O)CCCO[Si](c1ccccc1)(c1ccccc1)C(C)(C)C. The second kappa shape index (κ2) is 9.24. The lowest BCUT2D eigenvalue weighted by Crippen LogP contribution is -2.66. The van der Waals surface area contributed by atoms with Crippen LogP contribution in [0, 0.1) is 5.92 Å². The average molecular weight is 383 g/mol. The van der Waals surface area contributed by atoms with Gasteiger partial charge in [0.1, 0.15) is 12.1 Å². The van der Waals surface area contributed by atoms with Crippen molar-refractivity contribution < 1.29 is 14.0 Å². The van der Waals surface area contributed by atoms with Crippen LogP contribution in [-0.2, 0) is 14.0 Å². The summed E-state index contributed by atoms with van der Waals surface area (Å²) in [4.78, 5) is 22.8. The van der Waals surface area contributed by atoms with E-state index in [1.807, 2.05) is 12.1 Å². The first kappa shape index (κ1) is 21.3. The molecule has 4 heteroatoms. The van der Waals surface area contributed by atoms with Crippen LogP contribution in [0.5, 0.6) is 0 Å². The van der Waals surface area contributed by atoms with E-state index in [0.29, 0.717) is 25.7 Å². The molecule has 0 N–H and O–H groups in total. The minimum absolute atomic E-state index is 0.0175. The van der Waals surface area contributed by atoms with Crippen LogP contribution in [0.2, 0.25) is 5.04 Å². The zero-order valence-electron chi connectivity index (χ0n) is 16.8. The number of aldehydes is 1. The fourth-order valence-corrected chi connectivity index (χ4v) is 8.14. The van der Waals surface area contributed by atoms with Crippen molar-refractivity contribution in [3.05, 3.63) is 60.7 Å². The zero-order valence-corrected chi connectivity index (χ0v) is 17.8. The highest BCUT2D eigenvalue weighted by Crippen LogP contribution is 2.36. The van der Waals surface area contributed by atoms with E-state index >= 15 is 0 Å². The molecule has 2 aromatic carbocycles. The van der Waals surface area contributed by atoms with E-state index in [2.05, 4.69) is 69.3 Å². The fourth-order valence-electron chi connectivity index (χ4n) is 3.54. The normalized spacial score (nSPS) is 13.2. The molecule has 2 aromatic rings. The molecular weight excluding hydrogens is 352 g/mol. The number of hydrogen-bond donors (Lipinski definition) is 0. The predicted octanol–water partition coefficient (Wildman–Crippen LogP) is 3.75. The van der Waals surface area contributed by atoms with E-state index in [1.165, 1.54) is 10.4 Å². The minimum atomic E-state index is -2.54. The monoisotopic (exact) mass is 382 g/mol. The summed E-state index contributed by atoms with van der Waals surface area (Å²) in [6, 6.07) is 20.9. The molecule has 0 saturated carbocycles. The molecule has 0 heterocycles. The third-order valence-corrected chi connectivity index (χ3v) is 10.1. The zero-order chi connectivity index (χ0) is 19.9. The topological polar surface area (TPSA) is 43.4 Å². The number of Topliss-reactive ketones (excluding diaryl/α,β-unsaturated/α-hetero) is 1. The summed E-state index contributed by atoms with van der Waals surface area (Å²) in [5, 5.41) is 2.39. The van der Waals surface area contributed by atoms with Crippen molar-refractivity contribution >= 4 is 30.8 Å². The number of benzene rings is 2. The molecule has 0 spiro atoms. The number of ketones is 1. The first-order valence-electron chi connectivity index (χ1n) is 9.56. The highest BCUT2D eigenvalue weighted by molar-refractivity contribution is 6.99. The summed E-state index contributed by atoms with van der Waals surface area (Å²) in [6.45, 7) is 8.86. The first-order chi connectivity index (χ1) is 12.8. The number of carbonyl (C=O) groups is 2. The molecule has 1 unspecified atom stereocenters. The van der Waals surface area contributed by atoms with Gasteiger partial charge in [-0.2, -0.15) is 0 Å². The molecule has 0 radical (unpaired) electrons. The molecule has 0 fully saturated rings. The average Bonchev–Trinajstić information content (AvgIpc) is 2.67. The van der Waals surface area contributed by atoms with Crippen molar-refractivity contribution in [2.75, 3.05) is 6.61 Å². The third-order valence-electron chi connectivity index (χ3n) is 5.01. The Morgan fingerprint density at radius 2 is 1.48 bits per heavy atom.